The zero-order chi connectivity index (χ0) is 11.6. The summed E-state index contributed by atoms with van der Waals surface area (Å²) >= 11 is 3.37. The highest BCUT2D eigenvalue weighted by Crippen LogP contribution is 2.36. The Morgan fingerprint density at radius 1 is 1.21 bits per heavy atom. The van der Waals surface area contributed by atoms with E-state index in [0.717, 1.165) is 0 Å². The summed E-state index contributed by atoms with van der Waals surface area (Å²) in [5.41, 5.74) is -0.138. The number of ether oxygens (including phenoxy) is 2. The summed E-state index contributed by atoms with van der Waals surface area (Å²) in [4.78, 5) is 11.5. The predicted molar refractivity (Wildman–Crippen MR) is 59.6 cm³/mol. The van der Waals surface area contributed by atoms with Crippen molar-refractivity contribution in [3.05, 3.63) is 0 Å². The Hall–Kier alpha value is -0.0900. The zero-order valence-corrected chi connectivity index (χ0v) is 11.3. The number of carbonyl (C=O) groups excluding carboxylic acids is 1. The third-order valence-electron chi connectivity index (χ3n) is 2.10. The van der Waals surface area contributed by atoms with E-state index >= 15 is 0 Å². The Bertz CT molecular complexity index is 206. The molecule has 0 aliphatic heterocycles. The third kappa shape index (κ3) is 2.95. The molecule has 3 nitrogen and oxygen atoms in total. The number of hydrogen-bond acceptors (Lipinski definition) is 3. The van der Waals surface area contributed by atoms with Gasteiger partial charge in [-0.1, -0.05) is 36.7 Å². The van der Waals surface area contributed by atoms with Gasteiger partial charge in [0.25, 0.3) is 0 Å². The molecule has 0 unspecified atom stereocenters. The van der Waals surface area contributed by atoms with E-state index < -0.39 is 4.32 Å². The summed E-state index contributed by atoms with van der Waals surface area (Å²) in [6.45, 7) is 7.81. The Balaban J connectivity index is 4.93. The van der Waals surface area contributed by atoms with Crippen LogP contribution in [0.4, 0.5) is 0 Å². The maximum absolute atomic E-state index is 11.5. The van der Waals surface area contributed by atoms with Crippen molar-refractivity contribution < 1.29 is 14.3 Å². The van der Waals surface area contributed by atoms with E-state index in [1.807, 2.05) is 20.8 Å². The lowest BCUT2D eigenvalue weighted by atomic mass is 9.81. The van der Waals surface area contributed by atoms with Gasteiger partial charge >= 0.3 is 5.97 Å². The van der Waals surface area contributed by atoms with Crippen LogP contribution in [0.1, 0.15) is 27.7 Å². The van der Waals surface area contributed by atoms with Gasteiger partial charge in [-0.15, -0.1) is 0 Å². The highest BCUT2D eigenvalue weighted by molar-refractivity contribution is 9.10. The molecule has 0 aromatic rings. The molecule has 84 valence electrons. The Labute approximate surface area is 94.3 Å². The number of methoxy groups -OCH3 is 2. The Morgan fingerprint density at radius 2 is 1.64 bits per heavy atom. The second-order valence-corrected chi connectivity index (χ2v) is 6.20. The molecule has 14 heavy (non-hydrogen) atoms. The topological polar surface area (TPSA) is 35.5 Å². The first-order chi connectivity index (χ1) is 6.17. The fourth-order valence-corrected chi connectivity index (χ4v) is 2.73. The summed E-state index contributed by atoms with van der Waals surface area (Å²) < 4.78 is 9.27. The minimum Gasteiger partial charge on any atom is -0.468 e. The van der Waals surface area contributed by atoms with E-state index in [0.29, 0.717) is 0 Å². The molecule has 0 radical (unpaired) electrons. The van der Waals surface area contributed by atoms with Crippen molar-refractivity contribution in [2.45, 2.75) is 38.1 Å². The molecule has 4 heteroatoms. The number of alkyl halides is 1. The summed E-state index contributed by atoms with van der Waals surface area (Å²) in [7, 11) is 2.97. The molecule has 0 aromatic carbocycles. The van der Waals surface area contributed by atoms with Crippen LogP contribution >= 0.6 is 15.9 Å². The molecule has 0 saturated heterocycles. The molecule has 0 heterocycles. The van der Waals surface area contributed by atoms with Crippen LogP contribution < -0.4 is 0 Å². The van der Waals surface area contributed by atoms with E-state index in [1.54, 1.807) is 14.0 Å². The van der Waals surface area contributed by atoms with Crippen LogP contribution in [0.15, 0.2) is 0 Å². The molecule has 0 amide bonds. The van der Waals surface area contributed by atoms with Crippen molar-refractivity contribution >= 4 is 21.9 Å². The van der Waals surface area contributed by atoms with Gasteiger partial charge in [-0.2, -0.15) is 0 Å². The smallest absolute Gasteiger partial charge is 0.325 e. The SMILES string of the molecule is COC(=O)[C@@](C)(Br)[C@H](OC)C(C)(C)C. The van der Waals surface area contributed by atoms with Crippen LogP contribution in [0.3, 0.4) is 0 Å². The van der Waals surface area contributed by atoms with Gasteiger partial charge in [0.15, 0.2) is 0 Å². The van der Waals surface area contributed by atoms with E-state index in [-0.39, 0.29) is 17.5 Å². The number of hydrogen-bond donors (Lipinski definition) is 0. The van der Waals surface area contributed by atoms with Gasteiger partial charge in [0, 0.05) is 7.11 Å². The molecule has 0 N–H and O–H groups in total. The van der Waals surface area contributed by atoms with Gasteiger partial charge in [0.1, 0.15) is 4.32 Å². The average Bonchev–Trinajstić information content (AvgIpc) is 2.00. The fraction of sp³-hybridized carbons (Fsp3) is 0.900. The van der Waals surface area contributed by atoms with Crippen molar-refractivity contribution in [3.8, 4) is 0 Å². The second-order valence-electron chi connectivity index (χ2n) is 4.55. The molecule has 0 aliphatic rings. The van der Waals surface area contributed by atoms with Crippen LogP contribution in [0.2, 0.25) is 0 Å². The summed E-state index contributed by atoms with van der Waals surface area (Å²) in [5.74, 6) is -0.320. The van der Waals surface area contributed by atoms with Gasteiger partial charge in [0.2, 0.25) is 0 Å². The normalized spacial score (nSPS) is 18.5. The van der Waals surface area contributed by atoms with Crippen LogP contribution in [0.5, 0.6) is 0 Å². The minimum atomic E-state index is -0.811. The van der Waals surface area contributed by atoms with E-state index in [9.17, 15) is 4.79 Å². The van der Waals surface area contributed by atoms with Gasteiger partial charge in [-0.25, -0.2) is 0 Å². The van der Waals surface area contributed by atoms with Crippen LogP contribution in [0.25, 0.3) is 0 Å². The molecule has 0 saturated carbocycles. The molecule has 2 atom stereocenters. The lowest BCUT2D eigenvalue weighted by Gasteiger charge is -2.38. The number of rotatable bonds is 3. The third-order valence-corrected chi connectivity index (χ3v) is 2.84. The lowest BCUT2D eigenvalue weighted by molar-refractivity contribution is -0.149. The summed E-state index contributed by atoms with van der Waals surface area (Å²) in [6, 6.07) is 0. The highest BCUT2D eigenvalue weighted by atomic mass is 79.9. The Kier molecular flexibility index (Phi) is 4.59. The van der Waals surface area contributed by atoms with Crippen LogP contribution in [0, 0.1) is 5.41 Å². The summed E-state index contributed by atoms with van der Waals surface area (Å²) in [6.07, 6.45) is -0.248. The first kappa shape index (κ1) is 13.9. The first-order valence-electron chi connectivity index (χ1n) is 4.48. The molecule has 0 aromatic heterocycles. The monoisotopic (exact) mass is 266 g/mol. The lowest BCUT2D eigenvalue weighted by Crippen LogP contribution is -2.50. The van der Waals surface area contributed by atoms with E-state index in [2.05, 4.69) is 15.9 Å². The van der Waals surface area contributed by atoms with Gasteiger partial charge in [-0.3, -0.25) is 4.79 Å². The van der Waals surface area contributed by atoms with Crippen molar-refractivity contribution in [3.63, 3.8) is 0 Å². The number of carbonyl (C=O) groups is 1. The second kappa shape index (κ2) is 4.62. The maximum Gasteiger partial charge on any atom is 0.325 e. The van der Waals surface area contributed by atoms with Crippen molar-refractivity contribution in [2.75, 3.05) is 14.2 Å². The predicted octanol–water partition coefficient (Wildman–Crippen LogP) is 2.37. The molecule has 0 aliphatic carbocycles. The zero-order valence-electron chi connectivity index (χ0n) is 9.68. The van der Waals surface area contributed by atoms with Crippen molar-refractivity contribution in [1.29, 1.82) is 0 Å². The molecule has 0 rings (SSSR count). The fourth-order valence-electron chi connectivity index (χ4n) is 1.69. The quantitative estimate of drug-likeness (QED) is 0.581. The van der Waals surface area contributed by atoms with E-state index in [1.165, 1.54) is 7.11 Å². The minimum absolute atomic E-state index is 0.138. The number of halogens is 1. The molecule has 0 spiro atoms. The largest absolute Gasteiger partial charge is 0.468 e. The molecular formula is C10H19BrO3. The van der Waals surface area contributed by atoms with Gasteiger partial charge in [0.05, 0.1) is 13.2 Å². The first-order valence-corrected chi connectivity index (χ1v) is 5.27. The molecular weight excluding hydrogens is 248 g/mol. The van der Waals surface area contributed by atoms with Crippen LogP contribution in [-0.4, -0.2) is 30.6 Å². The van der Waals surface area contributed by atoms with Gasteiger partial charge in [-0.05, 0) is 12.3 Å². The van der Waals surface area contributed by atoms with Crippen molar-refractivity contribution in [1.82, 2.24) is 0 Å². The van der Waals surface area contributed by atoms with Gasteiger partial charge < -0.3 is 9.47 Å². The molecule has 0 fully saturated rings. The maximum atomic E-state index is 11.5. The standard InChI is InChI=1S/C10H19BrO3/c1-9(2,3)7(13-5)10(4,11)8(12)14-6/h7H,1-6H3/t7-,10+/m1/s1. The van der Waals surface area contributed by atoms with E-state index in [4.69, 9.17) is 9.47 Å². The average molecular weight is 267 g/mol. The highest BCUT2D eigenvalue weighted by Gasteiger charge is 2.46. The number of esters is 1. The summed E-state index contributed by atoms with van der Waals surface area (Å²) in [5, 5.41) is 0. The van der Waals surface area contributed by atoms with Crippen molar-refractivity contribution in [2.24, 2.45) is 5.41 Å². The van der Waals surface area contributed by atoms with Crippen LogP contribution in [-0.2, 0) is 14.3 Å². The molecule has 0 bridgehead atoms. The Morgan fingerprint density at radius 3 is 1.86 bits per heavy atom.